The summed E-state index contributed by atoms with van der Waals surface area (Å²) in [5.41, 5.74) is 0. The normalized spacial score (nSPS) is 11.5. The molecule has 21 heavy (non-hydrogen) atoms. The Kier molecular flexibility index (Phi) is 10.9. The standard InChI is InChI=1S/C13H25N3O5/c1-10(12(19)14-8-9-21-2)16-13(20)15-7-5-3-4-6-11(17)18/h10H,3-9H2,1-2H3,(H,14,19)(H,17,18)(H2,15,16,20). The van der Waals surface area contributed by atoms with E-state index in [1.165, 1.54) is 7.11 Å². The number of amides is 3. The lowest BCUT2D eigenvalue weighted by Crippen LogP contribution is -2.49. The van der Waals surface area contributed by atoms with Crippen molar-refractivity contribution in [2.24, 2.45) is 0 Å². The number of hydrogen-bond acceptors (Lipinski definition) is 4. The van der Waals surface area contributed by atoms with Crippen molar-refractivity contribution >= 4 is 17.9 Å². The summed E-state index contributed by atoms with van der Waals surface area (Å²) in [5.74, 6) is -1.09. The number of nitrogens with one attached hydrogen (secondary N) is 3. The molecule has 0 heterocycles. The summed E-state index contributed by atoms with van der Waals surface area (Å²) in [5, 5.41) is 16.2. The van der Waals surface area contributed by atoms with Crippen LogP contribution in [0.2, 0.25) is 0 Å². The maximum absolute atomic E-state index is 11.6. The van der Waals surface area contributed by atoms with Gasteiger partial charge in [0, 0.05) is 26.6 Å². The van der Waals surface area contributed by atoms with Gasteiger partial charge in [0.05, 0.1) is 6.61 Å². The highest BCUT2D eigenvalue weighted by Crippen LogP contribution is 1.98. The summed E-state index contributed by atoms with van der Waals surface area (Å²) in [4.78, 5) is 33.4. The largest absolute Gasteiger partial charge is 0.481 e. The highest BCUT2D eigenvalue weighted by atomic mass is 16.5. The molecule has 8 nitrogen and oxygen atoms in total. The molecule has 0 saturated carbocycles. The van der Waals surface area contributed by atoms with Crippen molar-refractivity contribution in [2.75, 3.05) is 26.8 Å². The van der Waals surface area contributed by atoms with Gasteiger partial charge in [-0.3, -0.25) is 9.59 Å². The molecule has 0 fully saturated rings. The van der Waals surface area contributed by atoms with Crippen LogP contribution >= 0.6 is 0 Å². The quantitative estimate of drug-likeness (QED) is 0.403. The van der Waals surface area contributed by atoms with Crippen molar-refractivity contribution in [1.82, 2.24) is 16.0 Å². The third-order valence-corrected chi connectivity index (χ3v) is 2.70. The van der Waals surface area contributed by atoms with E-state index >= 15 is 0 Å². The Hall–Kier alpha value is -1.83. The molecule has 0 aliphatic rings. The third-order valence-electron chi connectivity index (χ3n) is 2.70. The Morgan fingerprint density at radius 1 is 1.10 bits per heavy atom. The van der Waals surface area contributed by atoms with Crippen LogP contribution in [0.5, 0.6) is 0 Å². The molecule has 4 N–H and O–H groups in total. The maximum atomic E-state index is 11.6. The first-order valence-electron chi connectivity index (χ1n) is 7.00. The van der Waals surface area contributed by atoms with Gasteiger partial charge >= 0.3 is 12.0 Å². The van der Waals surface area contributed by atoms with E-state index in [0.717, 1.165) is 6.42 Å². The lowest BCUT2D eigenvalue weighted by atomic mass is 10.2. The molecule has 0 radical (unpaired) electrons. The highest BCUT2D eigenvalue weighted by molar-refractivity contribution is 5.86. The van der Waals surface area contributed by atoms with Gasteiger partial charge in [-0.05, 0) is 19.8 Å². The fourth-order valence-corrected chi connectivity index (χ4v) is 1.52. The van der Waals surface area contributed by atoms with E-state index in [4.69, 9.17) is 9.84 Å². The van der Waals surface area contributed by atoms with Crippen molar-refractivity contribution < 1.29 is 24.2 Å². The smallest absolute Gasteiger partial charge is 0.315 e. The average Bonchev–Trinajstić information content (AvgIpc) is 2.42. The molecule has 0 saturated heterocycles. The first-order chi connectivity index (χ1) is 9.97. The second-order valence-corrected chi connectivity index (χ2v) is 4.61. The van der Waals surface area contributed by atoms with Gasteiger partial charge < -0.3 is 25.8 Å². The molecule has 122 valence electrons. The van der Waals surface area contributed by atoms with Crippen LogP contribution in [0.3, 0.4) is 0 Å². The lowest BCUT2D eigenvalue weighted by Gasteiger charge is -2.14. The third kappa shape index (κ3) is 11.7. The number of carboxylic acid groups (broad SMARTS) is 1. The van der Waals surface area contributed by atoms with Crippen LogP contribution in [0.25, 0.3) is 0 Å². The molecule has 0 aromatic rings. The predicted octanol–water partition coefficient (Wildman–Crippen LogP) is 0.0817. The van der Waals surface area contributed by atoms with Gasteiger partial charge in [0.1, 0.15) is 6.04 Å². The number of methoxy groups -OCH3 is 1. The number of carbonyl (C=O) groups is 3. The van der Waals surface area contributed by atoms with E-state index in [2.05, 4.69) is 16.0 Å². The molecular weight excluding hydrogens is 278 g/mol. The summed E-state index contributed by atoms with van der Waals surface area (Å²) in [6.07, 6.45) is 2.18. The highest BCUT2D eigenvalue weighted by Gasteiger charge is 2.14. The first kappa shape index (κ1) is 19.2. The Morgan fingerprint density at radius 3 is 2.43 bits per heavy atom. The molecular formula is C13H25N3O5. The van der Waals surface area contributed by atoms with E-state index in [0.29, 0.717) is 32.5 Å². The molecule has 8 heteroatoms. The van der Waals surface area contributed by atoms with Crippen LogP contribution in [0.4, 0.5) is 4.79 Å². The predicted molar refractivity (Wildman–Crippen MR) is 77.0 cm³/mol. The number of urea groups is 1. The Bertz CT molecular complexity index is 336. The van der Waals surface area contributed by atoms with Crippen LogP contribution in [0.15, 0.2) is 0 Å². The van der Waals surface area contributed by atoms with Crippen LogP contribution in [-0.4, -0.2) is 55.9 Å². The number of carbonyl (C=O) groups excluding carboxylic acids is 2. The SMILES string of the molecule is COCCNC(=O)C(C)NC(=O)NCCCCCC(=O)O. The molecule has 0 spiro atoms. The Balaban J connectivity index is 3.63. The van der Waals surface area contributed by atoms with E-state index in [9.17, 15) is 14.4 Å². The molecule has 0 bridgehead atoms. The fraction of sp³-hybridized carbons (Fsp3) is 0.769. The molecule has 1 unspecified atom stereocenters. The van der Waals surface area contributed by atoms with Crippen LogP contribution in [0.1, 0.15) is 32.6 Å². The summed E-state index contributed by atoms with van der Waals surface area (Å²) in [6, 6.07) is -1.04. The van der Waals surface area contributed by atoms with Crippen LogP contribution in [0, 0.1) is 0 Å². The summed E-state index contributed by atoms with van der Waals surface area (Å²) in [7, 11) is 1.54. The van der Waals surface area contributed by atoms with Crippen LogP contribution in [-0.2, 0) is 14.3 Å². The minimum absolute atomic E-state index is 0.144. The van der Waals surface area contributed by atoms with E-state index < -0.39 is 18.0 Å². The number of hydrogen-bond donors (Lipinski definition) is 4. The number of ether oxygens (including phenoxy) is 1. The first-order valence-corrected chi connectivity index (χ1v) is 7.00. The summed E-state index contributed by atoms with van der Waals surface area (Å²) < 4.78 is 4.80. The fourth-order valence-electron chi connectivity index (χ4n) is 1.52. The monoisotopic (exact) mass is 303 g/mol. The molecule has 1 atom stereocenters. The summed E-state index contributed by atoms with van der Waals surface area (Å²) in [6.45, 7) is 2.85. The van der Waals surface area contributed by atoms with E-state index in [1.54, 1.807) is 6.92 Å². The second kappa shape index (κ2) is 12.0. The number of rotatable bonds is 11. The van der Waals surface area contributed by atoms with Crippen molar-refractivity contribution in [3.05, 3.63) is 0 Å². The minimum atomic E-state index is -0.811. The maximum Gasteiger partial charge on any atom is 0.315 e. The van der Waals surface area contributed by atoms with Gasteiger partial charge in [-0.25, -0.2) is 4.79 Å². The van der Waals surface area contributed by atoms with E-state index in [1.807, 2.05) is 0 Å². The molecule has 0 aromatic heterocycles. The Labute approximate surface area is 124 Å². The summed E-state index contributed by atoms with van der Waals surface area (Å²) >= 11 is 0. The van der Waals surface area contributed by atoms with Gasteiger partial charge in [-0.1, -0.05) is 6.42 Å². The van der Waals surface area contributed by atoms with Gasteiger partial charge in [-0.2, -0.15) is 0 Å². The van der Waals surface area contributed by atoms with Crippen molar-refractivity contribution in [1.29, 1.82) is 0 Å². The van der Waals surface area contributed by atoms with Gasteiger partial charge in [-0.15, -0.1) is 0 Å². The van der Waals surface area contributed by atoms with Crippen molar-refractivity contribution in [3.63, 3.8) is 0 Å². The van der Waals surface area contributed by atoms with Gasteiger partial charge in [0.15, 0.2) is 0 Å². The zero-order valence-electron chi connectivity index (χ0n) is 12.6. The lowest BCUT2D eigenvalue weighted by molar-refractivity contribution is -0.137. The molecule has 3 amide bonds. The zero-order valence-corrected chi connectivity index (χ0v) is 12.6. The van der Waals surface area contributed by atoms with Gasteiger partial charge in [0.2, 0.25) is 5.91 Å². The topological polar surface area (TPSA) is 117 Å². The Morgan fingerprint density at radius 2 is 1.81 bits per heavy atom. The van der Waals surface area contributed by atoms with Crippen molar-refractivity contribution in [3.8, 4) is 0 Å². The average molecular weight is 303 g/mol. The molecule has 0 aromatic carbocycles. The number of aliphatic carboxylic acids is 1. The van der Waals surface area contributed by atoms with Gasteiger partial charge in [0.25, 0.3) is 0 Å². The number of unbranched alkanes of at least 4 members (excludes halogenated alkanes) is 2. The minimum Gasteiger partial charge on any atom is -0.481 e. The second-order valence-electron chi connectivity index (χ2n) is 4.61. The molecule has 0 rings (SSSR count). The number of carboxylic acids is 1. The van der Waals surface area contributed by atoms with Crippen molar-refractivity contribution in [2.45, 2.75) is 38.6 Å². The molecule has 0 aliphatic heterocycles. The zero-order chi connectivity index (χ0) is 16.1. The van der Waals surface area contributed by atoms with E-state index in [-0.39, 0.29) is 12.3 Å². The molecule has 0 aliphatic carbocycles. The van der Waals surface area contributed by atoms with Crippen LogP contribution < -0.4 is 16.0 Å².